The Balaban J connectivity index is 2.56. The fourth-order valence-electron chi connectivity index (χ4n) is 1.28. The molecule has 0 saturated heterocycles. The fraction of sp³-hybridized carbons (Fsp3) is 0.333. The molecule has 0 aliphatic carbocycles. The summed E-state index contributed by atoms with van der Waals surface area (Å²) < 4.78 is 0. The lowest BCUT2D eigenvalue weighted by Crippen LogP contribution is -2.41. The Morgan fingerprint density at radius 1 is 1.62 bits per heavy atom. The molecule has 2 atom stereocenters. The molecule has 1 rings (SSSR count). The van der Waals surface area contributed by atoms with Gasteiger partial charge in [-0.2, -0.15) is 0 Å². The number of rotatable bonds is 4. The van der Waals surface area contributed by atoms with E-state index in [1.54, 1.807) is 12.4 Å². The Kier molecular flexibility index (Phi) is 4.49. The van der Waals surface area contributed by atoms with Crippen molar-refractivity contribution in [3.05, 3.63) is 30.1 Å². The van der Waals surface area contributed by atoms with Crippen LogP contribution in [0.25, 0.3) is 0 Å². The average molecular weight is 217 g/mol. The van der Waals surface area contributed by atoms with Gasteiger partial charge >= 0.3 is 0 Å². The van der Waals surface area contributed by atoms with E-state index in [0.29, 0.717) is 0 Å². The van der Waals surface area contributed by atoms with E-state index >= 15 is 0 Å². The molecular weight excluding hydrogens is 202 g/mol. The maximum absolute atomic E-state index is 11.6. The molecule has 16 heavy (non-hydrogen) atoms. The minimum atomic E-state index is -0.644. The van der Waals surface area contributed by atoms with Crippen molar-refractivity contribution in [3.8, 4) is 12.3 Å². The Morgan fingerprint density at radius 2 is 2.25 bits per heavy atom. The van der Waals surface area contributed by atoms with Crippen molar-refractivity contribution in [2.75, 3.05) is 0 Å². The van der Waals surface area contributed by atoms with Gasteiger partial charge in [-0.3, -0.25) is 9.78 Å². The summed E-state index contributed by atoms with van der Waals surface area (Å²) in [6.45, 7) is 1.88. The molecule has 0 radical (unpaired) electrons. The third-order valence-corrected chi connectivity index (χ3v) is 2.24. The topological polar surface area (TPSA) is 68.0 Å². The number of nitrogens with one attached hydrogen (secondary N) is 1. The number of hydrogen-bond donors (Lipinski definition) is 2. The van der Waals surface area contributed by atoms with Crippen LogP contribution in [0.2, 0.25) is 0 Å². The number of nitrogens with zero attached hydrogens (tertiary/aromatic N) is 1. The summed E-state index contributed by atoms with van der Waals surface area (Å²) in [6.07, 6.45) is 8.70. The molecule has 1 aromatic rings. The van der Waals surface area contributed by atoms with Crippen LogP contribution in [0.5, 0.6) is 0 Å². The van der Waals surface area contributed by atoms with Gasteiger partial charge in [-0.25, -0.2) is 0 Å². The summed E-state index contributed by atoms with van der Waals surface area (Å²) in [5.74, 6) is 2.13. The normalized spacial score (nSPS) is 13.6. The highest BCUT2D eigenvalue weighted by atomic mass is 16.2. The first-order valence-electron chi connectivity index (χ1n) is 5.04. The Morgan fingerprint density at radius 3 is 2.81 bits per heavy atom. The Bertz CT molecular complexity index is 383. The standard InChI is InChI=1S/C12H15N3O/c1-3-4-11(13)12(16)15-9(2)10-5-7-14-8-6-10/h1,5-9,11H,4,13H2,2H3,(H,15,16). The lowest BCUT2D eigenvalue weighted by Gasteiger charge is -2.16. The molecule has 4 nitrogen and oxygen atoms in total. The Hall–Kier alpha value is -1.86. The second-order valence-corrected chi connectivity index (χ2v) is 3.53. The summed E-state index contributed by atoms with van der Waals surface area (Å²) >= 11 is 0. The molecule has 0 bridgehead atoms. The highest BCUT2D eigenvalue weighted by Gasteiger charge is 2.15. The van der Waals surface area contributed by atoms with Gasteiger partial charge < -0.3 is 11.1 Å². The van der Waals surface area contributed by atoms with Crippen LogP contribution in [-0.2, 0) is 4.79 Å². The molecule has 4 heteroatoms. The van der Waals surface area contributed by atoms with Crippen molar-refractivity contribution in [3.63, 3.8) is 0 Å². The molecule has 1 aromatic heterocycles. The van der Waals surface area contributed by atoms with E-state index in [4.69, 9.17) is 12.2 Å². The van der Waals surface area contributed by atoms with Crippen LogP contribution in [0.4, 0.5) is 0 Å². The molecule has 0 aromatic carbocycles. The lowest BCUT2D eigenvalue weighted by atomic mass is 10.1. The largest absolute Gasteiger partial charge is 0.348 e. The quantitative estimate of drug-likeness (QED) is 0.726. The van der Waals surface area contributed by atoms with Gasteiger partial charge in [-0.05, 0) is 24.6 Å². The molecule has 3 N–H and O–H groups in total. The van der Waals surface area contributed by atoms with Crippen LogP contribution in [-0.4, -0.2) is 16.9 Å². The molecule has 0 aliphatic rings. The molecular formula is C12H15N3O. The number of aromatic nitrogens is 1. The minimum Gasteiger partial charge on any atom is -0.348 e. The first kappa shape index (κ1) is 12.2. The van der Waals surface area contributed by atoms with Crippen LogP contribution in [0, 0.1) is 12.3 Å². The van der Waals surface area contributed by atoms with Gasteiger partial charge in [-0.1, -0.05) is 0 Å². The third kappa shape index (κ3) is 3.37. The van der Waals surface area contributed by atoms with Crippen molar-refractivity contribution < 1.29 is 4.79 Å². The van der Waals surface area contributed by atoms with Crippen molar-refractivity contribution in [1.29, 1.82) is 0 Å². The summed E-state index contributed by atoms with van der Waals surface area (Å²) in [4.78, 5) is 15.5. The zero-order valence-electron chi connectivity index (χ0n) is 9.18. The van der Waals surface area contributed by atoms with Crippen LogP contribution in [0.1, 0.15) is 24.9 Å². The second-order valence-electron chi connectivity index (χ2n) is 3.53. The highest BCUT2D eigenvalue weighted by Crippen LogP contribution is 2.10. The van der Waals surface area contributed by atoms with Crippen LogP contribution in [0.15, 0.2) is 24.5 Å². The fourth-order valence-corrected chi connectivity index (χ4v) is 1.28. The van der Waals surface area contributed by atoms with E-state index < -0.39 is 6.04 Å². The number of carbonyl (C=O) groups excluding carboxylic acids is 1. The molecule has 0 aliphatic heterocycles. The van der Waals surface area contributed by atoms with Gasteiger partial charge in [-0.15, -0.1) is 12.3 Å². The molecule has 1 heterocycles. The van der Waals surface area contributed by atoms with E-state index in [9.17, 15) is 4.79 Å². The van der Waals surface area contributed by atoms with E-state index in [2.05, 4.69) is 16.2 Å². The third-order valence-electron chi connectivity index (χ3n) is 2.24. The van der Waals surface area contributed by atoms with Crippen molar-refractivity contribution >= 4 is 5.91 Å². The molecule has 0 spiro atoms. The number of carbonyl (C=O) groups is 1. The minimum absolute atomic E-state index is 0.0978. The number of terminal acetylenes is 1. The molecule has 2 unspecified atom stereocenters. The molecule has 0 fully saturated rings. The number of hydrogen-bond acceptors (Lipinski definition) is 3. The summed E-state index contributed by atoms with van der Waals surface area (Å²) in [5, 5.41) is 2.79. The molecule has 84 valence electrons. The monoisotopic (exact) mass is 217 g/mol. The maximum atomic E-state index is 11.6. The van der Waals surface area contributed by atoms with Crippen molar-refractivity contribution in [2.24, 2.45) is 5.73 Å². The van der Waals surface area contributed by atoms with Crippen LogP contribution >= 0.6 is 0 Å². The van der Waals surface area contributed by atoms with Gasteiger partial charge in [0.05, 0.1) is 12.1 Å². The van der Waals surface area contributed by atoms with E-state index in [-0.39, 0.29) is 18.4 Å². The van der Waals surface area contributed by atoms with E-state index in [1.165, 1.54) is 0 Å². The SMILES string of the molecule is C#CCC(N)C(=O)NC(C)c1ccncc1. The molecule has 0 saturated carbocycles. The first-order chi connectivity index (χ1) is 7.65. The van der Waals surface area contributed by atoms with Gasteiger partial charge in [0.2, 0.25) is 5.91 Å². The predicted octanol–water partition coefficient (Wildman–Crippen LogP) is 0.609. The zero-order chi connectivity index (χ0) is 12.0. The summed E-state index contributed by atoms with van der Waals surface area (Å²) in [6, 6.07) is 2.95. The van der Waals surface area contributed by atoms with Gasteiger partial charge in [0.15, 0.2) is 0 Å². The summed E-state index contributed by atoms with van der Waals surface area (Å²) in [7, 11) is 0. The van der Waals surface area contributed by atoms with E-state index in [1.807, 2.05) is 19.1 Å². The maximum Gasteiger partial charge on any atom is 0.238 e. The van der Waals surface area contributed by atoms with Crippen LogP contribution in [0.3, 0.4) is 0 Å². The van der Waals surface area contributed by atoms with Gasteiger partial charge in [0.25, 0.3) is 0 Å². The second kappa shape index (κ2) is 5.89. The summed E-state index contributed by atoms with van der Waals surface area (Å²) in [5.41, 5.74) is 6.57. The Labute approximate surface area is 95.3 Å². The van der Waals surface area contributed by atoms with Crippen molar-refractivity contribution in [2.45, 2.75) is 25.4 Å². The van der Waals surface area contributed by atoms with Crippen molar-refractivity contribution in [1.82, 2.24) is 10.3 Å². The predicted molar refractivity (Wildman–Crippen MR) is 62.2 cm³/mol. The lowest BCUT2D eigenvalue weighted by molar-refractivity contribution is -0.122. The number of nitrogens with two attached hydrogens (primary N) is 1. The van der Waals surface area contributed by atoms with Crippen LogP contribution < -0.4 is 11.1 Å². The zero-order valence-corrected chi connectivity index (χ0v) is 9.18. The highest BCUT2D eigenvalue weighted by molar-refractivity contribution is 5.82. The van der Waals surface area contributed by atoms with E-state index in [0.717, 1.165) is 5.56 Å². The number of amides is 1. The van der Waals surface area contributed by atoms with Gasteiger partial charge in [0.1, 0.15) is 0 Å². The molecule has 1 amide bonds. The average Bonchev–Trinajstić information content (AvgIpc) is 2.30. The number of pyridine rings is 1. The smallest absolute Gasteiger partial charge is 0.238 e. The van der Waals surface area contributed by atoms with Gasteiger partial charge in [0, 0.05) is 18.8 Å². The first-order valence-corrected chi connectivity index (χ1v) is 5.04.